The highest BCUT2D eigenvalue weighted by Crippen LogP contribution is 2.30. The Morgan fingerprint density at radius 2 is 2.17 bits per heavy atom. The molecule has 3 nitrogen and oxygen atoms in total. The van der Waals surface area contributed by atoms with Crippen molar-refractivity contribution >= 4 is 15.9 Å². The van der Waals surface area contributed by atoms with Crippen LogP contribution in [-0.4, -0.2) is 36.7 Å². The van der Waals surface area contributed by atoms with E-state index in [1.165, 1.54) is 5.56 Å². The molecule has 0 radical (unpaired) electrons. The van der Waals surface area contributed by atoms with E-state index in [1.54, 1.807) is 0 Å². The number of morpholine rings is 1. The van der Waals surface area contributed by atoms with Crippen LogP contribution in [0, 0.1) is 0 Å². The summed E-state index contributed by atoms with van der Waals surface area (Å²) in [5, 5.41) is 0. The summed E-state index contributed by atoms with van der Waals surface area (Å²) in [6.07, 6.45) is 0.280. The maximum Gasteiger partial charge on any atom is 0.0674 e. The fourth-order valence-corrected chi connectivity index (χ4v) is 3.14. The molecule has 1 aromatic rings. The average molecular weight is 313 g/mol. The third kappa shape index (κ3) is 3.12. The average Bonchev–Trinajstić information content (AvgIpc) is 2.32. The van der Waals surface area contributed by atoms with Gasteiger partial charge in [-0.2, -0.15) is 0 Å². The Balaban J connectivity index is 2.26. The van der Waals surface area contributed by atoms with Gasteiger partial charge in [-0.3, -0.25) is 4.90 Å². The number of halogens is 1. The molecule has 1 fully saturated rings. The molecule has 1 saturated heterocycles. The van der Waals surface area contributed by atoms with Gasteiger partial charge < -0.3 is 10.5 Å². The fraction of sp³-hybridized carbons (Fsp3) is 0.571. The lowest BCUT2D eigenvalue weighted by atomic mass is 9.98. The highest BCUT2D eigenvalue weighted by Gasteiger charge is 2.29. The maximum absolute atomic E-state index is 6.21. The zero-order chi connectivity index (χ0) is 13.1. The van der Waals surface area contributed by atoms with E-state index < -0.39 is 0 Å². The maximum atomic E-state index is 6.21. The van der Waals surface area contributed by atoms with Crippen LogP contribution in [0.1, 0.15) is 25.5 Å². The molecule has 4 heteroatoms. The van der Waals surface area contributed by atoms with Crippen LogP contribution in [0.15, 0.2) is 28.7 Å². The van der Waals surface area contributed by atoms with E-state index in [2.05, 4.69) is 52.9 Å². The van der Waals surface area contributed by atoms with Crippen LogP contribution >= 0.6 is 15.9 Å². The quantitative estimate of drug-likeness (QED) is 0.932. The molecule has 1 aliphatic rings. The van der Waals surface area contributed by atoms with Crippen molar-refractivity contribution < 1.29 is 4.74 Å². The highest BCUT2D eigenvalue weighted by atomic mass is 79.9. The van der Waals surface area contributed by atoms with E-state index in [1.807, 2.05) is 6.07 Å². The van der Waals surface area contributed by atoms with Gasteiger partial charge in [0.05, 0.1) is 18.8 Å². The van der Waals surface area contributed by atoms with Crippen LogP contribution < -0.4 is 5.73 Å². The first-order valence-corrected chi connectivity index (χ1v) is 7.24. The van der Waals surface area contributed by atoms with E-state index in [0.717, 1.165) is 24.2 Å². The molecule has 1 heterocycles. The summed E-state index contributed by atoms with van der Waals surface area (Å²) in [5.74, 6) is 0. The Hall–Kier alpha value is -0.420. The summed E-state index contributed by atoms with van der Waals surface area (Å²) in [5.41, 5.74) is 7.48. The first kappa shape index (κ1) is 14.0. The molecule has 3 atom stereocenters. The topological polar surface area (TPSA) is 38.5 Å². The first-order valence-electron chi connectivity index (χ1n) is 6.45. The molecule has 18 heavy (non-hydrogen) atoms. The predicted molar refractivity (Wildman–Crippen MR) is 77.5 cm³/mol. The summed E-state index contributed by atoms with van der Waals surface area (Å²) in [6.45, 7) is 6.86. The molecule has 3 unspecified atom stereocenters. The Morgan fingerprint density at radius 1 is 1.44 bits per heavy atom. The summed E-state index contributed by atoms with van der Waals surface area (Å²) < 4.78 is 6.74. The highest BCUT2D eigenvalue weighted by molar-refractivity contribution is 9.10. The molecule has 1 aliphatic heterocycles. The van der Waals surface area contributed by atoms with Crippen molar-refractivity contribution in [3.8, 4) is 0 Å². The number of rotatable bonds is 3. The van der Waals surface area contributed by atoms with Gasteiger partial charge in [-0.1, -0.05) is 34.1 Å². The largest absolute Gasteiger partial charge is 0.376 e. The van der Waals surface area contributed by atoms with Crippen LogP contribution in [0.4, 0.5) is 0 Å². The van der Waals surface area contributed by atoms with Gasteiger partial charge in [0, 0.05) is 23.6 Å². The van der Waals surface area contributed by atoms with Crippen molar-refractivity contribution in [2.45, 2.75) is 32.0 Å². The SMILES string of the molecule is CC1CN(C(c2ccccc2Br)C(C)N)CCO1. The fourth-order valence-electron chi connectivity index (χ4n) is 2.63. The molecule has 0 amide bonds. The van der Waals surface area contributed by atoms with Crippen LogP contribution in [-0.2, 0) is 4.74 Å². The number of benzene rings is 1. The second-order valence-corrected chi connectivity index (χ2v) is 5.86. The van der Waals surface area contributed by atoms with Crippen molar-refractivity contribution in [3.63, 3.8) is 0 Å². The summed E-state index contributed by atoms with van der Waals surface area (Å²) in [7, 11) is 0. The summed E-state index contributed by atoms with van der Waals surface area (Å²) in [6, 6.07) is 8.67. The lowest BCUT2D eigenvalue weighted by Crippen LogP contribution is -2.48. The van der Waals surface area contributed by atoms with E-state index in [0.29, 0.717) is 0 Å². The molecule has 0 saturated carbocycles. The number of nitrogens with two attached hydrogens (primary N) is 1. The van der Waals surface area contributed by atoms with Gasteiger partial charge in [0.1, 0.15) is 0 Å². The minimum atomic E-state index is 0.0917. The standard InChI is InChI=1S/C14H21BrN2O/c1-10-9-17(7-8-18-10)14(11(2)16)12-5-3-4-6-13(12)15/h3-6,10-11,14H,7-9,16H2,1-2H3. The van der Waals surface area contributed by atoms with Crippen LogP contribution in [0.3, 0.4) is 0 Å². The minimum Gasteiger partial charge on any atom is -0.376 e. The Kier molecular flexibility index (Phi) is 4.78. The van der Waals surface area contributed by atoms with Gasteiger partial charge in [-0.25, -0.2) is 0 Å². The van der Waals surface area contributed by atoms with Gasteiger partial charge in [-0.05, 0) is 25.5 Å². The van der Waals surface area contributed by atoms with Gasteiger partial charge >= 0.3 is 0 Å². The number of hydrogen-bond acceptors (Lipinski definition) is 3. The van der Waals surface area contributed by atoms with Crippen molar-refractivity contribution in [1.29, 1.82) is 0 Å². The molecule has 0 spiro atoms. The van der Waals surface area contributed by atoms with E-state index in [9.17, 15) is 0 Å². The Morgan fingerprint density at radius 3 is 2.78 bits per heavy atom. The number of ether oxygens (including phenoxy) is 1. The normalized spacial score (nSPS) is 24.8. The van der Waals surface area contributed by atoms with Crippen LogP contribution in [0.25, 0.3) is 0 Å². The summed E-state index contributed by atoms with van der Waals surface area (Å²) in [4.78, 5) is 2.43. The molecule has 0 aromatic heterocycles. The van der Waals surface area contributed by atoms with Crippen molar-refractivity contribution in [3.05, 3.63) is 34.3 Å². The number of nitrogens with zero attached hydrogens (tertiary/aromatic N) is 1. The second kappa shape index (κ2) is 6.15. The second-order valence-electron chi connectivity index (χ2n) is 5.00. The first-order chi connectivity index (χ1) is 8.59. The molecule has 1 aromatic carbocycles. The van der Waals surface area contributed by atoms with Gasteiger partial charge in [0.2, 0.25) is 0 Å². The van der Waals surface area contributed by atoms with E-state index in [-0.39, 0.29) is 18.2 Å². The third-order valence-electron chi connectivity index (χ3n) is 3.39. The van der Waals surface area contributed by atoms with Gasteiger partial charge in [-0.15, -0.1) is 0 Å². The van der Waals surface area contributed by atoms with Gasteiger partial charge in [0.25, 0.3) is 0 Å². The van der Waals surface area contributed by atoms with Crippen LogP contribution in [0.5, 0.6) is 0 Å². The molecule has 100 valence electrons. The van der Waals surface area contributed by atoms with Gasteiger partial charge in [0.15, 0.2) is 0 Å². The predicted octanol–water partition coefficient (Wildman–Crippen LogP) is 2.56. The lowest BCUT2D eigenvalue weighted by molar-refractivity contribution is -0.0377. The van der Waals surface area contributed by atoms with Crippen molar-refractivity contribution in [2.24, 2.45) is 5.73 Å². The zero-order valence-electron chi connectivity index (χ0n) is 11.0. The molecule has 2 rings (SSSR count). The van der Waals surface area contributed by atoms with E-state index in [4.69, 9.17) is 10.5 Å². The van der Waals surface area contributed by atoms with Crippen LogP contribution in [0.2, 0.25) is 0 Å². The molecular formula is C14H21BrN2O. The zero-order valence-corrected chi connectivity index (χ0v) is 12.6. The minimum absolute atomic E-state index is 0.0917. The Labute approximate surface area is 117 Å². The number of hydrogen-bond donors (Lipinski definition) is 1. The molecular weight excluding hydrogens is 292 g/mol. The molecule has 2 N–H and O–H groups in total. The van der Waals surface area contributed by atoms with Crippen molar-refractivity contribution in [1.82, 2.24) is 4.90 Å². The third-order valence-corrected chi connectivity index (χ3v) is 4.11. The molecule has 0 bridgehead atoms. The lowest BCUT2D eigenvalue weighted by Gasteiger charge is -2.39. The van der Waals surface area contributed by atoms with E-state index >= 15 is 0 Å². The monoisotopic (exact) mass is 312 g/mol. The Bertz CT molecular complexity index is 397. The smallest absolute Gasteiger partial charge is 0.0674 e. The molecule has 0 aliphatic carbocycles. The van der Waals surface area contributed by atoms with Crippen molar-refractivity contribution in [2.75, 3.05) is 19.7 Å². The summed E-state index contributed by atoms with van der Waals surface area (Å²) >= 11 is 3.63.